The van der Waals surface area contributed by atoms with E-state index < -0.39 is 18.6 Å². The maximum absolute atomic E-state index is 13.4. The monoisotopic (exact) mass is 451 g/mol. The number of rotatable bonds is 8. The number of nitrogens with zero attached hydrogens (tertiary/aromatic N) is 1. The van der Waals surface area contributed by atoms with E-state index in [-0.39, 0.29) is 47.2 Å². The van der Waals surface area contributed by atoms with Crippen LogP contribution >= 0.6 is 0 Å². The second-order valence-corrected chi connectivity index (χ2v) is 10.1. The molecule has 2 bridgehead atoms. The van der Waals surface area contributed by atoms with Gasteiger partial charge in [0, 0.05) is 5.56 Å². The number of carbonyl (C=O) groups excluding carboxylic acids is 4. The molecular formula is C26H29NO6. The lowest BCUT2D eigenvalue weighted by Crippen LogP contribution is -2.47. The Morgan fingerprint density at radius 3 is 2.09 bits per heavy atom. The Morgan fingerprint density at radius 1 is 1.00 bits per heavy atom. The zero-order valence-electron chi connectivity index (χ0n) is 19.1. The predicted octanol–water partition coefficient (Wildman–Crippen LogP) is 2.89. The van der Waals surface area contributed by atoms with Crippen LogP contribution < -0.4 is 4.74 Å². The first-order valence-corrected chi connectivity index (χ1v) is 11.7. The van der Waals surface area contributed by atoms with Crippen molar-refractivity contribution >= 4 is 23.6 Å². The number of hydrogen-bond acceptors (Lipinski definition) is 6. The number of likely N-dealkylation sites (tertiary alicyclic amines) is 1. The highest BCUT2D eigenvalue weighted by atomic mass is 16.5. The lowest BCUT2D eigenvalue weighted by molar-refractivity contribution is -0.159. The summed E-state index contributed by atoms with van der Waals surface area (Å²) < 4.78 is 10.4. The second-order valence-electron chi connectivity index (χ2n) is 10.1. The Bertz CT molecular complexity index is 992. The first kappa shape index (κ1) is 21.9. The van der Waals surface area contributed by atoms with E-state index in [4.69, 9.17) is 9.47 Å². The van der Waals surface area contributed by atoms with Gasteiger partial charge in [-0.15, -0.1) is 0 Å². The van der Waals surface area contributed by atoms with Crippen LogP contribution in [0.15, 0.2) is 36.4 Å². The number of allylic oxidation sites excluding steroid dienone is 2. The zero-order valence-corrected chi connectivity index (χ0v) is 19.1. The molecule has 1 saturated heterocycles. The van der Waals surface area contributed by atoms with Gasteiger partial charge < -0.3 is 9.47 Å². The Balaban J connectivity index is 1.31. The standard InChI is InChI=1S/C26H29NO6/c1-13(2)10-20(26(31)33-12-21(28)14-4-6-15(32-3)7-5-14)27-24(29)22-16-8-9-17(19-11-18(16)19)23(22)25(27)30/h4-9,13,16-20,22-23H,10-12H2,1-3H3/t16-,17-,18-,19-,20+,22-,23+/m1/s1. The highest BCUT2D eigenvalue weighted by Crippen LogP contribution is 2.65. The minimum absolute atomic E-state index is 0.0614. The van der Waals surface area contributed by atoms with Gasteiger partial charge in [-0.2, -0.15) is 0 Å². The van der Waals surface area contributed by atoms with Crippen LogP contribution in [0.1, 0.15) is 37.0 Å². The number of carbonyl (C=O) groups is 4. The number of methoxy groups -OCH3 is 1. The van der Waals surface area contributed by atoms with Gasteiger partial charge in [-0.25, -0.2) is 4.79 Å². The molecule has 5 aliphatic rings. The fourth-order valence-electron chi connectivity index (χ4n) is 6.13. The number of hydrogen-bond donors (Lipinski definition) is 0. The quantitative estimate of drug-likeness (QED) is 0.261. The first-order chi connectivity index (χ1) is 15.8. The molecule has 33 heavy (non-hydrogen) atoms. The molecule has 1 aliphatic heterocycles. The summed E-state index contributed by atoms with van der Waals surface area (Å²) in [6, 6.07) is 5.52. The fourth-order valence-corrected chi connectivity index (χ4v) is 6.13. The number of Topliss-reactive ketones (excluding diaryl/α,β-unsaturated/α-hetero) is 1. The molecule has 3 fully saturated rings. The van der Waals surface area contributed by atoms with Crippen molar-refractivity contribution in [2.75, 3.05) is 13.7 Å². The van der Waals surface area contributed by atoms with Gasteiger partial charge >= 0.3 is 5.97 Å². The number of ketones is 1. The molecule has 7 heteroatoms. The maximum Gasteiger partial charge on any atom is 0.329 e. The van der Waals surface area contributed by atoms with Gasteiger partial charge in [0.15, 0.2) is 12.4 Å². The average Bonchev–Trinajstić information content (AvgIpc) is 3.59. The summed E-state index contributed by atoms with van der Waals surface area (Å²) in [4.78, 5) is 53.7. The van der Waals surface area contributed by atoms with Gasteiger partial charge in [-0.05, 0) is 66.7 Å². The Labute approximate surface area is 193 Å². The number of ether oxygens (including phenoxy) is 2. The largest absolute Gasteiger partial charge is 0.497 e. The third-order valence-electron chi connectivity index (χ3n) is 7.73. The molecule has 0 radical (unpaired) electrons. The third kappa shape index (κ3) is 3.58. The molecule has 0 aromatic heterocycles. The Kier molecular flexibility index (Phi) is 5.38. The lowest BCUT2D eigenvalue weighted by Gasteiger charge is -2.37. The van der Waals surface area contributed by atoms with Crippen molar-refractivity contribution in [3.8, 4) is 5.75 Å². The van der Waals surface area contributed by atoms with Gasteiger partial charge in [0.1, 0.15) is 11.8 Å². The van der Waals surface area contributed by atoms with Crippen molar-refractivity contribution in [1.29, 1.82) is 0 Å². The molecule has 0 N–H and O–H groups in total. The van der Waals surface area contributed by atoms with Gasteiger partial charge in [0.05, 0.1) is 18.9 Å². The highest BCUT2D eigenvalue weighted by molar-refractivity contribution is 6.09. The first-order valence-electron chi connectivity index (χ1n) is 11.7. The summed E-state index contributed by atoms with van der Waals surface area (Å²) in [5.74, 6) is -0.415. The Hall–Kier alpha value is -2.96. The summed E-state index contributed by atoms with van der Waals surface area (Å²) in [6.07, 6.45) is 5.61. The molecule has 1 heterocycles. The average molecular weight is 452 g/mol. The van der Waals surface area contributed by atoms with Crippen molar-refractivity contribution < 1.29 is 28.7 Å². The van der Waals surface area contributed by atoms with E-state index in [2.05, 4.69) is 12.2 Å². The number of benzene rings is 1. The molecule has 2 saturated carbocycles. The van der Waals surface area contributed by atoms with E-state index in [9.17, 15) is 19.2 Å². The second kappa shape index (κ2) is 8.12. The summed E-state index contributed by atoms with van der Waals surface area (Å²) in [7, 11) is 1.54. The van der Waals surface area contributed by atoms with E-state index >= 15 is 0 Å². The SMILES string of the molecule is COc1ccc(C(=O)COC(=O)[C@H](CC(C)C)N2C(=O)[C@@H]3[C@@H]4C=C[C@H]([C@H]5C[C@H]45)[C@@H]3C2=O)cc1. The molecule has 174 valence electrons. The molecule has 6 rings (SSSR count). The van der Waals surface area contributed by atoms with E-state index in [1.165, 1.54) is 12.0 Å². The van der Waals surface area contributed by atoms with Gasteiger partial charge in [-0.1, -0.05) is 26.0 Å². The van der Waals surface area contributed by atoms with Crippen LogP contribution in [0.3, 0.4) is 0 Å². The van der Waals surface area contributed by atoms with Crippen LogP contribution in [0, 0.1) is 41.4 Å². The molecule has 0 unspecified atom stereocenters. The molecule has 4 aliphatic carbocycles. The smallest absolute Gasteiger partial charge is 0.329 e. The van der Waals surface area contributed by atoms with Gasteiger partial charge in [0.2, 0.25) is 11.8 Å². The highest BCUT2D eigenvalue weighted by Gasteiger charge is 2.68. The minimum Gasteiger partial charge on any atom is -0.497 e. The van der Waals surface area contributed by atoms with E-state index in [0.717, 1.165) is 6.42 Å². The van der Waals surface area contributed by atoms with Crippen LogP contribution in [0.25, 0.3) is 0 Å². The summed E-state index contributed by atoms with van der Waals surface area (Å²) in [5, 5.41) is 0. The van der Waals surface area contributed by atoms with Crippen LogP contribution in [0.5, 0.6) is 5.75 Å². The van der Waals surface area contributed by atoms with Gasteiger partial charge in [-0.3, -0.25) is 19.3 Å². The topological polar surface area (TPSA) is 90.0 Å². The van der Waals surface area contributed by atoms with E-state index in [0.29, 0.717) is 29.6 Å². The molecule has 1 aromatic carbocycles. The van der Waals surface area contributed by atoms with Crippen molar-refractivity contribution in [3.63, 3.8) is 0 Å². The summed E-state index contributed by atoms with van der Waals surface area (Å²) in [6.45, 7) is 3.42. The van der Waals surface area contributed by atoms with E-state index in [1.54, 1.807) is 24.3 Å². The lowest BCUT2D eigenvalue weighted by atomic mass is 9.63. The fraction of sp³-hybridized carbons (Fsp3) is 0.538. The molecule has 1 aromatic rings. The molecule has 7 nitrogen and oxygen atoms in total. The predicted molar refractivity (Wildman–Crippen MR) is 118 cm³/mol. The third-order valence-corrected chi connectivity index (χ3v) is 7.73. The zero-order chi connectivity index (χ0) is 23.4. The molecule has 7 atom stereocenters. The van der Waals surface area contributed by atoms with Crippen molar-refractivity contribution in [1.82, 2.24) is 4.90 Å². The van der Waals surface area contributed by atoms with Crippen molar-refractivity contribution in [3.05, 3.63) is 42.0 Å². The van der Waals surface area contributed by atoms with E-state index in [1.807, 2.05) is 13.8 Å². The number of esters is 1. The molecule has 0 spiro atoms. The number of imide groups is 1. The van der Waals surface area contributed by atoms with Gasteiger partial charge in [0.25, 0.3) is 0 Å². The molecular weight excluding hydrogens is 422 g/mol. The minimum atomic E-state index is -1.00. The van der Waals surface area contributed by atoms with Crippen molar-refractivity contribution in [2.24, 2.45) is 41.4 Å². The summed E-state index contributed by atoms with van der Waals surface area (Å²) in [5.41, 5.74) is 0.394. The van der Waals surface area contributed by atoms with Crippen molar-refractivity contribution in [2.45, 2.75) is 32.7 Å². The normalized spacial score (nSPS) is 31.9. The maximum atomic E-state index is 13.4. The van der Waals surface area contributed by atoms with Crippen LogP contribution in [0.2, 0.25) is 0 Å². The Morgan fingerprint density at radius 2 is 1.58 bits per heavy atom. The van der Waals surface area contributed by atoms with Crippen LogP contribution in [-0.4, -0.2) is 48.2 Å². The van der Waals surface area contributed by atoms with Crippen LogP contribution in [-0.2, 0) is 19.1 Å². The van der Waals surface area contributed by atoms with Crippen LogP contribution in [0.4, 0.5) is 0 Å². The molecule has 2 amide bonds. The summed E-state index contributed by atoms with van der Waals surface area (Å²) >= 11 is 0. The number of amides is 2.